The minimum atomic E-state index is -0.809. The van der Waals surface area contributed by atoms with E-state index in [4.69, 9.17) is 9.47 Å². The normalized spacial score (nSPS) is 14.4. The van der Waals surface area contributed by atoms with Gasteiger partial charge < -0.3 is 19.7 Å². The first-order valence-electron chi connectivity index (χ1n) is 22.8. The molecule has 0 saturated carbocycles. The number of rotatable bonds is 37. The predicted molar refractivity (Wildman–Crippen MR) is 227 cm³/mol. The zero-order valence-electron chi connectivity index (χ0n) is 35.4. The lowest BCUT2D eigenvalue weighted by Crippen LogP contribution is -2.47. The van der Waals surface area contributed by atoms with E-state index in [1.54, 1.807) is 11.8 Å². The fourth-order valence-electron chi connectivity index (χ4n) is 7.28. The van der Waals surface area contributed by atoms with Crippen LogP contribution in [-0.4, -0.2) is 73.1 Å². The van der Waals surface area contributed by atoms with Gasteiger partial charge in [0.2, 0.25) is 5.91 Å². The van der Waals surface area contributed by atoms with Crippen molar-refractivity contribution < 1.29 is 23.9 Å². The van der Waals surface area contributed by atoms with Crippen molar-refractivity contribution in [2.45, 2.75) is 226 Å². The van der Waals surface area contributed by atoms with Crippen LogP contribution in [0.1, 0.15) is 213 Å². The molecule has 1 aliphatic heterocycles. The van der Waals surface area contributed by atoms with Gasteiger partial charge in [0, 0.05) is 11.8 Å². The Kier molecular flexibility index (Phi) is 34.1. The highest BCUT2D eigenvalue weighted by molar-refractivity contribution is 7.99. The third kappa shape index (κ3) is 29.7. The van der Waals surface area contributed by atoms with Crippen LogP contribution in [0.15, 0.2) is 0 Å². The standard InChI is InChI=1S/C45H86N2O5S/c1-5-8-11-14-17-18-19-20-21-22-25-28-37-51-43(48)34-39-53-38-33-42(44(49)46-40-31-35-47(4)36-32-40)45(50)52-41(29-26-23-15-12-9-6-2)30-27-24-16-13-10-7-3/h40-42H,5-39H2,1-4H3,(H,46,49). The third-order valence-corrected chi connectivity index (χ3v) is 12.0. The largest absolute Gasteiger partial charge is 0.466 e. The summed E-state index contributed by atoms with van der Waals surface area (Å²) in [6, 6.07) is 0.101. The molecule has 1 atom stereocenters. The molecule has 1 fully saturated rings. The molecule has 1 aliphatic rings. The van der Waals surface area contributed by atoms with Gasteiger partial charge in [-0.2, -0.15) is 11.8 Å². The van der Waals surface area contributed by atoms with Gasteiger partial charge in [0.05, 0.1) is 13.0 Å². The zero-order chi connectivity index (χ0) is 38.6. The zero-order valence-corrected chi connectivity index (χ0v) is 36.2. The number of amides is 1. The van der Waals surface area contributed by atoms with Crippen molar-refractivity contribution in [2.24, 2.45) is 5.92 Å². The Hall–Kier alpha value is -1.28. The molecule has 7 nitrogen and oxygen atoms in total. The summed E-state index contributed by atoms with van der Waals surface area (Å²) in [6.07, 6.45) is 34.2. The summed E-state index contributed by atoms with van der Waals surface area (Å²) >= 11 is 1.62. The molecule has 1 amide bonds. The van der Waals surface area contributed by atoms with E-state index in [1.807, 2.05) is 0 Å². The number of carbonyl (C=O) groups excluding carboxylic acids is 3. The Morgan fingerprint density at radius 3 is 1.57 bits per heavy atom. The van der Waals surface area contributed by atoms with Crippen molar-refractivity contribution in [3.63, 3.8) is 0 Å². The summed E-state index contributed by atoms with van der Waals surface area (Å²) in [5, 5.41) is 3.21. The summed E-state index contributed by atoms with van der Waals surface area (Å²) in [6.45, 7) is 9.15. The Balaban J connectivity index is 2.49. The number of esters is 2. The van der Waals surface area contributed by atoms with Gasteiger partial charge in [-0.05, 0) is 77.3 Å². The van der Waals surface area contributed by atoms with Gasteiger partial charge in [-0.25, -0.2) is 0 Å². The Labute approximate surface area is 332 Å². The molecule has 0 aromatic rings. The fraction of sp³-hybridized carbons (Fsp3) is 0.933. The van der Waals surface area contributed by atoms with E-state index in [0.717, 1.165) is 64.5 Å². The molecule has 0 aromatic carbocycles. The van der Waals surface area contributed by atoms with Crippen LogP contribution in [0.25, 0.3) is 0 Å². The minimum Gasteiger partial charge on any atom is -0.466 e. The highest BCUT2D eigenvalue weighted by Crippen LogP contribution is 2.21. The van der Waals surface area contributed by atoms with E-state index in [9.17, 15) is 14.4 Å². The topological polar surface area (TPSA) is 84.9 Å². The molecule has 1 saturated heterocycles. The van der Waals surface area contributed by atoms with Crippen LogP contribution >= 0.6 is 11.8 Å². The predicted octanol–water partition coefficient (Wildman–Crippen LogP) is 12.0. The number of hydrogen-bond acceptors (Lipinski definition) is 7. The number of likely N-dealkylation sites (tertiary alicyclic amines) is 1. The number of nitrogens with one attached hydrogen (secondary N) is 1. The number of nitrogens with zero attached hydrogens (tertiary/aromatic N) is 1. The molecule has 1 rings (SSSR count). The quantitative estimate of drug-likeness (QED) is 0.0383. The number of piperidine rings is 1. The van der Waals surface area contributed by atoms with Crippen LogP contribution in [0.3, 0.4) is 0 Å². The molecule has 0 spiro atoms. The molecule has 0 aliphatic carbocycles. The van der Waals surface area contributed by atoms with Crippen molar-refractivity contribution in [3.8, 4) is 0 Å². The molecule has 8 heteroatoms. The molecule has 1 heterocycles. The lowest BCUT2D eigenvalue weighted by Gasteiger charge is -2.30. The van der Waals surface area contributed by atoms with Gasteiger partial charge in [0.15, 0.2) is 0 Å². The molecule has 1 unspecified atom stereocenters. The summed E-state index contributed by atoms with van der Waals surface area (Å²) in [5.41, 5.74) is 0. The van der Waals surface area contributed by atoms with Crippen LogP contribution < -0.4 is 5.32 Å². The van der Waals surface area contributed by atoms with E-state index < -0.39 is 5.92 Å². The number of hydrogen-bond donors (Lipinski definition) is 1. The third-order valence-electron chi connectivity index (χ3n) is 11.0. The van der Waals surface area contributed by atoms with Crippen LogP contribution in [0.2, 0.25) is 0 Å². The van der Waals surface area contributed by atoms with Crippen LogP contribution in [0, 0.1) is 5.92 Å². The van der Waals surface area contributed by atoms with Gasteiger partial charge in [0.1, 0.15) is 12.0 Å². The van der Waals surface area contributed by atoms with Crippen LogP contribution in [0.5, 0.6) is 0 Å². The second-order valence-electron chi connectivity index (χ2n) is 16.1. The highest BCUT2D eigenvalue weighted by atomic mass is 32.2. The van der Waals surface area contributed by atoms with E-state index >= 15 is 0 Å². The Morgan fingerprint density at radius 2 is 1.08 bits per heavy atom. The summed E-state index contributed by atoms with van der Waals surface area (Å²) in [4.78, 5) is 42.0. The molecular weight excluding hydrogens is 681 g/mol. The lowest BCUT2D eigenvalue weighted by atomic mass is 10.00. The maximum Gasteiger partial charge on any atom is 0.318 e. The van der Waals surface area contributed by atoms with Crippen LogP contribution in [-0.2, 0) is 23.9 Å². The van der Waals surface area contributed by atoms with Gasteiger partial charge in [-0.3, -0.25) is 14.4 Å². The van der Waals surface area contributed by atoms with Gasteiger partial charge in [-0.15, -0.1) is 0 Å². The van der Waals surface area contributed by atoms with Crippen molar-refractivity contribution in [3.05, 3.63) is 0 Å². The van der Waals surface area contributed by atoms with E-state index in [2.05, 4.69) is 38.0 Å². The molecule has 53 heavy (non-hydrogen) atoms. The number of ether oxygens (including phenoxy) is 2. The minimum absolute atomic E-state index is 0.101. The maximum absolute atomic E-state index is 13.7. The van der Waals surface area contributed by atoms with Gasteiger partial charge >= 0.3 is 11.9 Å². The second-order valence-corrected chi connectivity index (χ2v) is 17.3. The lowest BCUT2D eigenvalue weighted by molar-refractivity contribution is -0.158. The van der Waals surface area contributed by atoms with Crippen LogP contribution in [0.4, 0.5) is 0 Å². The first kappa shape index (κ1) is 49.7. The summed E-state index contributed by atoms with van der Waals surface area (Å²) in [7, 11) is 2.11. The second kappa shape index (κ2) is 36.4. The average Bonchev–Trinajstić information content (AvgIpc) is 3.15. The van der Waals surface area contributed by atoms with Gasteiger partial charge in [-0.1, -0.05) is 156 Å². The molecule has 312 valence electrons. The molecule has 0 radical (unpaired) electrons. The highest BCUT2D eigenvalue weighted by Gasteiger charge is 2.32. The molecule has 0 aromatic heterocycles. The molecule has 0 bridgehead atoms. The smallest absolute Gasteiger partial charge is 0.318 e. The van der Waals surface area contributed by atoms with E-state index in [-0.39, 0.29) is 30.0 Å². The number of unbranched alkanes of at least 4 members (excludes halogenated alkanes) is 21. The number of carbonyl (C=O) groups is 3. The average molecular weight is 767 g/mol. The first-order valence-corrected chi connectivity index (χ1v) is 24.0. The summed E-state index contributed by atoms with van der Waals surface area (Å²) < 4.78 is 11.7. The Morgan fingerprint density at radius 1 is 0.623 bits per heavy atom. The van der Waals surface area contributed by atoms with Crippen molar-refractivity contribution >= 4 is 29.6 Å². The van der Waals surface area contributed by atoms with E-state index in [0.29, 0.717) is 31.0 Å². The van der Waals surface area contributed by atoms with Crippen molar-refractivity contribution in [1.82, 2.24) is 10.2 Å². The Bertz CT molecular complexity index is 850. The van der Waals surface area contributed by atoms with Crippen molar-refractivity contribution in [1.29, 1.82) is 0 Å². The summed E-state index contributed by atoms with van der Waals surface area (Å²) in [5.74, 6) is -0.245. The maximum atomic E-state index is 13.7. The monoisotopic (exact) mass is 767 g/mol. The molecular formula is C45H86N2O5S. The van der Waals surface area contributed by atoms with Gasteiger partial charge in [0.25, 0.3) is 0 Å². The SMILES string of the molecule is CCCCCCCCCCCCCCOC(=O)CCSCCC(C(=O)NC1CCN(C)CC1)C(=O)OC(CCCCCCCC)CCCCCCCC. The number of thioether (sulfide) groups is 1. The van der Waals surface area contributed by atoms with Crippen molar-refractivity contribution in [2.75, 3.05) is 38.2 Å². The molecule has 1 N–H and O–H groups in total. The van der Waals surface area contributed by atoms with E-state index in [1.165, 1.54) is 128 Å². The first-order chi connectivity index (χ1) is 25.9. The fourth-order valence-corrected chi connectivity index (χ4v) is 8.20.